The van der Waals surface area contributed by atoms with Gasteiger partial charge in [-0.3, -0.25) is 0 Å². The summed E-state index contributed by atoms with van der Waals surface area (Å²) in [5.74, 6) is 1.48. The summed E-state index contributed by atoms with van der Waals surface area (Å²) in [7, 11) is 0. The van der Waals surface area contributed by atoms with Crippen LogP contribution in [-0.2, 0) is 0 Å². The summed E-state index contributed by atoms with van der Waals surface area (Å²) in [5.41, 5.74) is 0. The minimum absolute atomic E-state index is 0.292. The third-order valence-corrected chi connectivity index (χ3v) is 5.31. The molecule has 0 amide bonds. The number of rotatable bonds is 0. The molecule has 0 aromatic heterocycles. The Morgan fingerprint density at radius 2 is 1.58 bits per heavy atom. The summed E-state index contributed by atoms with van der Waals surface area (Å²) in [6.07, 6.45) is 3.73. The SMILES string of the molecule is ClC(Cl)(Cl)C1C2CCCC1C2Br. The number of halogens is 4. The molecule has 70 valence electrons. The summed E-state index contributed by atoms with van der Waals surface area (Å²) in [4.78, 5) is 0.604. The van der Waals surface area contributed by atoms with Gasteiger partial charge < -0.3 is 0 Å². The average molecular weight is 292 g/mol. The Balaban J connectivity index is 2.12. The van der Waals surface area contributed by atoms with Crippen LogP contribution in [0.2, 0.25) is 0 Å². The highest BCUT2D eigenvalue weighted by atomic mass is 79.9. The minimum atomic E-state index is -1.04. The molecular formula is C8H10BrCl3. The fourth-order valence-corrected chi connectivity index (χ4v) is 4.80. The van der Waals surface area contributed by atoms with Gasteiger partial charge >= 0.3 is 0 Å². The van der Waals surface area contributed by atoms with E-state index in [-0.39, 0.29) is 0 Å². The first-order valence-electron chi connectivity index (χ1n) is 4.22. The van der Waals surface area contributed by atoms with Crippen LogP contribution in [0.15, 0.2) is 0 Å². The zero-order valence-corrected chi connectivity index (χ0v) is 10.3. The Hall–Kier alpha value is 1.35. The Morgan fingerprint density at radius 1 is 1.08 bits per heavy atom. The molecular weight excluding hydrogens is 282 g/mol. The van der Waals surface area contributed by atoms with Crippen LogP contribution in [-0.4, -0.2) is 8.62 Å². The van der Waals surface area contributed by atoms with Crippen molar-refractivity contribution in [3.63, 3.8) is 0 Å². The first-order valence-corrected chi connectivity index (χ1v) is 6.27. The van der Waals surface area contributed by atoms with Crippen molar-refractivity contribution < 1.29 is 0 Å². The maximum Gasteiger partial charge on any atom is 0.194 e. The van der Waals surface area contributed by atoms with Crippen LogP contribution in [0.1, 0.15) is 19.3 Å². The van der Waals surface area contributed by atoms with Gasteiger partial charge in [0.05, 0.1) is 0 Å². The molecule has 12 heavy (non-hydrogen) atoms. The van der Waals surface area contributed by atoms with E-state index in [1.54, 1.807) is 0 Å². The van der Waals surface area contributed by atoms with Crippen molar-refractivity contribution in [3.05, 3.63) is 0 Å². The fraction of sp³-hybridized carbons (Fsp3) is 1.00. The van der Waals surface area contributed by atoms with E-state index in [9.17, 15) is 0 Å². The van der Waals surface area contributed by atoms with Crippen LogP contribution >= 0.6 is 50.7 Å². The molecule has 0 aromatic carbocycles. The molecule has 4 heteroatoms. The van der Waals surface area contributed by atoms with E-state index in [1.807, 2.05) is 0 Å². The van der Waals surface area contributed by atoms with Gasteiger partial charge in [0, 0.05) is 10.7 Å². The first kappa shape index (κ1) is 9.89. The van der Waals surface area contributed by atoms with Gasteiger partial charge in [0.1, 0.15) is 0 Å². The predicted molar refractivity (Wildman–Crippen MR) is 57.3 cm³/mol. The zero-order chi connectivity index (χ0) is 8.93. The van der Waals surface area contributed by atoms with Crippen molar-refractivity contribution >= 4 is 50.7 Å². The highest BCUT2D eigenvalue weighted by molar-refractivity contribution is 9.09. The van der Waals surface area contributed by atoms with E-state index in [0.29, 0.717) is 22.6 Å². The van der Waals surface area contributed by atoms with Crippen LogP contribution in [0, 0.1) is 17.8 Å². The van der Waals surface area contributed by atoms with E-state index in [1.165, 1.54) is 19.3 Å². The lowest BCUT2D eigenvalue weighted by Gasteiger charge is -2.56. The van der Waals surface area contributed by atoms with E-state index < -0.39 is 3.79 Å². The Labute approximate surface area is 96.1 Å². The lowest BCUT2D eigenvalue weighted by Crippen LogP contribution is -2.56. The van der Waals surface area contributed by atoms with Crippen LogP contribution < -0.4 is 0 Å². The molecule has 3 saturated carbocycles. The molecule has 2 atom stereocenters. The predicted octanol–water partition coefficient (Wildman–Crippen LogP) is 4.17. The van der Waals surface area contributed by atoms with Crippen molar-refractivity contribution in [2.24, 2.45) is 17.8 Å². The lowest BCUT2D eigenvalue weighted by molar-refractivity contribution is 0.0321. The quantitative estimate of drug-likeness (QED) is 0.588. The second kappa shape index (κ2) is 3.18. The van der Waals surface area contributed by atoms with Gasteiger partial charge in [0.2, 0.25) is 0 Å². The molecule has 3 aliphatic carbocycles. The topological polar surface area (TPSA) is 0 Å². The van der Waals surface area contributed by atoms with E-state index in [2.05, 4.69) is 15.9 Å². The summed E-state index contributed by atoms with van der Waals surface area (Å²) < 4.78 is -1.04. The number of hydrogen-bond donors (Lipinski definition) is 0. The lowest BCUT2D eigenvalue weighted by atomic mass is 9.57. The third kappa shape index (κ3) is 1.41. The summed E-state index contributed by atoms with van der Waals surface area (Å²) in [6, 6.07) is 0. The molecule has 0 heterocycles. The number of hydrogen-bond acceptors (Lipinski definition) is 0. The molecule has 2 bridgehead atoms. The molecule has 3 aliphatic rings. The van der Waals surface area contributed by atoms with Gasteiger partial charge in [-0.25, -0.2) is 0 Å². The van der Waals surface area contributed by atoms with Crippen LogP contribution in [0.25, 0.3) is 0 Å². The second-order valence-electron chi connectivity index (χ2n) is 3.77. The average Bonchev–Trinajstić information content (AvgIpc) is 2.01. The highest BCUT2D eigenvalue weighted by Crippen LogP contribution is 2.61. The summed E-state index contributed by atoms with van der Waals surface area (Å²) in [5, 5.41) is 0. The molecule has 0 spiro atoms. The van der Waals surface area contributed by atoms with Crippen molar-refractivity contribution in [1.29, 1.82) is 0 Å². The second-order valence-corrected chi connectivity index (χ2v) is 7.20. The van der Waals surface area contributed by atoms with Crippen LogP contribution in [0.4, 0.5) is 0 Å². The van der Waals surface area contributed by atoms with E-state index >= 15 is 0 Å². The maximum atomic E-state index is 5.91. The fourth-order valence-electron chi connectivity index (χ4n) is 2.64. The van der Waals surface area contributed by atoms with Gasteiger partial charge in [-0.1, -0.05) is 57.2 Å². The van der Waals surface area contributed by atoms with Crippen molar-refractivity contribution in [3.8, 4) is 0 Å². The summed E-state index contributed by atoms with van der Waals surface area (Å²) in [6.45, 7) is 0. The van der Waals surface area contributed by atoms with Crippen LogP contribution in [0.5, 0.6) is 0 Å². The summed E-state index contributed by atoms with van der Waals surface area (Å²) >= 11 is 21.4. The van der Waals surface area contributed by atoms with Gasteiger partial charge in [0.25, 0.3) is 0 Å². The molecule has 0 aliphatic heterocycles. The molecule has 0 aromatic rings. The standard InChI is InChI=1S/C8H10BrCl3/c9-7-4-2-1-3-5(7)6(4)8(10,11)12/h4-7H,1-3H2. The Bertz CT molecular complexity index is 177. The largest absolute Gasteiger partial charge is 0.194 e. The van der Waals surface area contributed by atoms with Gasteiger partial charge in [-0.2, -0.15) is 0 Å². The van der Waals surface area contributed by atoms with Crippen molar-refractivity contribution in [2.45, 2.75) is 27.9 Å². The monoisotopic (exact) mass is 290 g/mol. The van der Waals surface area contributed by atoms with Gasteiger partial charge in [-0.05, 0) is 24.7 Å². The molecule has 3 rings (SSSR count). The molecule has 0 saturated heterocycles. The number of alkyl halides is 4. The molecule has 0 nitrogen and oxygen atoms in total. The van der Waals surface area contributed by atoms with Gasteiger partial charge in [0.15, 0.2) is 3.79 Å². The first-order chi connectivity index (χ1) is 5.52. The third-order valence-electron chi connectivity index (χ3n) is 3.19. The Morgan fingerprint density at radius 3 is 1.83 bits per heavy atom. The smallest absolute Gasteiger partial charge is 0.0884 e. The van der Waals surface area contributed by atoms with E-state index in [0.717, 1.165) is 0 Å². The number of fused-ring (bicyclic) bond motifs is 2. The normalized spacial score (nSPS) is 47.0. The molecule has 3 fully saturated rings. The minimum Gasteiger partial charge on any atom is -0.0884 e. The Kier molecular flexibility index (Phi) is 2.62. The zero-order valence-electron chi connectivity index (χ0n) is 6.44. The van der Waals surface area contributed by atoms with Crippen molar-refractivity contribution in [1.82, 2.24) is 0 Å². The molecule has 2 unspecified atom stereocenters. The van der Waals surface area contributed by atoms with E-state index in [4.69, 9.17) is 34.8 Å². The maximum absolute atomic E-state index is 5.91. The van der Waals surface area contributed by atoms with Gasteiger partial charge in [-0.15, -0.1) is 0 Å². The van der Waals surface area contributed by atoms with Crippen LogP contribution in [0.3, 0.4) is 0 Å². The molecule has 0 N–H and O–H groups in total. The van der Waals surface area contributed by atoms with Crippen molar-refractivity contribution in [2.75, 3.05) is 0 Å². The molecule has 0 radical (unpaired) electrons. The highest BCUT2D eigenvalue weighted by Gasteiger charge is 2.58.